The molecular weight excluding hydrogens is 182 g/mol. The van der Waals surface area contributed by atoms with Gasteiger partial charge in [-0.25, -0.2) is 0 Å². The van der Waals surface area contributed by atoms with Crippen LogP contribution in [-0.2, 0) is 6.54 Å². The molecule has 1 saturated heterocycles. The van der Waals surface area contributed by atoms with Gasteiger partial charge in [-0.15, -0.1) is 11.3 Å². The number of rotatable bonds is 2. The van der Waals surface area contributed by atoms with Gasteiger partial charge in [-0.3, -0.25) is 4.90 Å². The summed E-state index contributed by atoms with van der Waals surface area (Å²) in [4.78, 5) is 3.76. The van der Waals surface area contributed by atoms with Crippen molar-refractivity contribution in [3.8, 4) is 0 Å². The number of nitrogens with zero attached hydrogens (tertiary/aromatic N) is 1. The summed E-state index contributed by atoms with van der Waals surface area (Å²) in [5.74, 6) is 0. The number of β-amino-alcohol motifs (C(OH)–C–C–N with tert-alkyl or cyclic N) is 1. The second kappa shape index (κ2) is 3.78. The normalized spacial score (nSPS) is 24.0. The largest absolute Gasteiger partial charge is 0.392 e. The molecule has 1 atom stereocenters. The van der Waals surface area contributed by atoms with Gasteiger partial charge >= 0.3 is 0 Å². The molecule has 1 aromatic heterocycles. The molecule has 0 amide bonds. The highest BCUT2D eigenvalue weighted by Gasteiger charge is 2.20. The first-order valence-corrected chi connectivity index (χ1v) is 5.57. The van der Waals surface area contributed by atoms with E-state index in [9.17, 15) is 5.11 Å². The van der Waals surface area contributed by atoms with Crippen molar-refractivity contribution in [3.63, 3.8) is 0 Å². The molecule has 0 saturated carbocycles. The molecule has 3 heteroatoms. The first-order chi connectivity index (χ1) is 6.25. The molecule has 1 fully saturated rings. The Kier molecular flexibility index (Phi) is 2.67. The number of aryl methyl sites for hydroxylation is 1. The maximum atomic E-state index is 9.36. The van der Waals surface area contributed by atoms with E-state index in [1.54, 1.807) is 0 Å². The monoisotopic (exact) mass is 197 g/mol. The van der Waals surface area contributed by atoms with E-state index in [4.69, 9.17) is 0 Å². The van der Waals surface area contributed by atoms with Gasteiger partial charge in [-0.2, -0.15) is 0 Å². The fourth-order valence-corrected chi connectivity index (χ4v) is 2.67. The summed E-state index contributed by atoms with van der Waals surface area (Å²) in [5, 5.41) is 11.5. The third-order valence-corrected chi connectivity index (χ3v) is 3.59. The number of aliphatic hydroxyl groups is 1. The molecular formula is C10H15NOS. The topological polar surface area (TPSA) is 23.5 Å². The van der Waals surface area contributed by atoms with Gasteiger partial charge in [0.2, 0.25) is 0 Å². The summed E-state index contributed by atoms with van der Waals surface area (Å²) in [7, 11) is 0. The zero-order valence-corrected chi connectivity index (χ0v) is 8.68. The lowest BCUT2D eigenvalue weighted by molar-refractivity contribution is 0.175. The SMILES string of the molecule is Cc1ccsc1CN1CC[C@H](O)C1. The van der Waals surface area contributed by atoms with Crippen LogP contribution in [-0.4, -0.2) is 29.2 Å². The zero-order chi connectivity index (χ0) is 9.26. The summed E-state index contributed by atoms with van der Waals surface area (Å²) in [6, 6.07) is 2.16. The van der Waals surface area contributed by atoms with Gasteiger partial charge in [0, 0.05) is 24.5 Å². The molecule has 0 aromatic carbocycles. The number of likely N-dealkylation sites (tertiary alicyclic amines) is 1. The fraction of sp³-hybridized carbons (Fsp3) is 0.600. The first kappa shape index (κ1) is 9.19. The minimum absolute atomic E-state index is 0.0970. The van der Waals surface area contributed by atoms with Gasteiger partial charge in [0.05, 0.1) is 6.10 Å². The van der Waals surface area contributed by atoms with Crippen molar-refractivity contribution >= 4 is 11.3 Å². The number of hydrogen-bond donors (Lipinski definition) is 1. The van der Waals surface area contributed by atoms with Crippen LogP contribution in [0.5, 0.6) is 0 Å². The number of hydrogen-bond acceptors (Lipinski definition) is 3. The summed E-state index contributed by atoms with van der Waals surface area (Å²) >= 11 is 1.81. The van der Waals surface area contributed by atoms with Crippen molar-refractivity contribution in [3.05, 3.63) is 21.9 Å². The van der Waals surface area contributed by atoms with E-state index in [0.29, 0.717) is 0 Å². The van der Waals surface area contributed by atoms with E-state index in [1.165, 1.54) is 10.4 Å². The van der Waals surface area contributed by atoms with Crippen LogP contribution in [0.3, 0.4) is 0 Å². The summed E-state index contributed by atoms with van der Waals surface area (Å²) in [6.45, 7) is 5.05. The molecule has 13 heavy (non-hydrogen) atoms. The van der Waals surface area contributed by atoms with Crippen molar-refractivity contribution in [2.45, 2.75) is 26.0 Å². The van der Waals surface area contributed by atoms with Gasteiger partial charge in [-0.1, -0.05) is 0 Å². The maximum absolute atomic E-state index is 9.36. The van der Waals surface area contributed by atoms with Crippen molar-refractivity contribution in [1.29, 1.82) is 0 Å². The third-order valence-electron chi connectivity index (χ3n) is 2.58. The van der Waals surface area contributed by atoms with Crippen molar-refractivity contribution < 1.29 is 5.11 Å². The van der Waals surface area contributed by atoms with E-state index in [0.717, 1.165) is 26.1 Å². The highest BCUT2D eigenvalue weighted by molar-refractivity contribution is 7.10. The molecule has 0 spiro atoms. The molecule has 1 N–H and O–H groups in total. The van der Waals surface area contributed by atoms with Crippen LogP contribution in [0.2, 0.25) is 0 Å². The third kappa shape index (κ3) is 2.10. The predicted octanol–water partition coefficient (Wildman–Crippen LogP) is 1.62. The van der Waals surface area contributed by atoms with Crippen molar-refractivity contribution in [2.24, 2.45) is 0 Å². The van der Waals surface area contributed by atoms with E-state index >= 15 is 0 Å². The van der Waals surface area contributed by atoms with E-state index < -0.39 is 0 Å². The second-order valence-electron chi connectivity index (χ2n) is 3.70. The predicted molar refractivity (Wildman–Crippen MR) is 55.0 cm³/mol. The van der Waals surface area contributed by atoms with E-state index in [-0.39, 0.29) is 6.10 Å². The lowest BCUT2D eigenvalue weighted by Gasteiger charge is -2.13. The smallest absolute Gasteiger partial charge is 0.0679 e. The average Bonchev–Trinajstić information content (AvgIpc) is 2.64. The summed E-state index contributed by atoms with van der Waals surface area (Å²) in [6.07, 6.45) is 0.838. The highest BCUT2D eigenvalue weighted by Crippen LogP contribution is 2.20. The quantitative estimate of drug-likeness (QED) is 0.779. The van der Waals surface area contributed by atoms with Gasteiger partial charge in [-0.05, 0) is 30.4 Å². The average molecular weight is 197 g/mol. The fourth-order valence-electron chi connectivity index (χ4n) is 1.72. The summed E-state index contributed by atoms with van der Waals surface area (Å²) < 4.78 is 0. The molecule has 2 rings (SSSR count). The molecule has 0 radical (unpaired) electrons. The Hall–Kier alpha value is -0.380. The molecule has 0 aliphatic carbocycles. The van der Waals surface area contributed by atoms with E-state index in [2.05, 4.69) is 23.3 Å². The lowest BCUT2D eigenvalue weighted by Crippen LogP contribution is -2.21. The molecule has 1 aromatic rings. The molecule has 1 aliphatic heterocycles. The Morgan fingerprint density at radius 3 is 3.08 bits per heavy atom. The second-order valence-corrected chi connectivity index (χ2v) is 4.71. The van der Waals surface area contributed by atoms with Crippen LogP contribution in [0.1, 0.15) is 16.9 Å². The summed E-state index contributed by atoms with van der Waals surface area (Å²) in [5.41, 5.74) is 1.38. The Morgan fingerprint density at radius 2 is 2.54 bits per heavy atom. The van der Waals surface area contributed by atoms with Crippen LogP contribution in [0.15, 0.2) is 11.4 Å². The number of thiophene rings is 1. The Morgan fingerprint density at radius 1 is 1.69 bits per heavy atom. The molecule has 1 aliphatic rings. The minimum Gasteiger partial charge on any atom is -0.392 e. The number of aliphatic hydroxyl groups excluding tert-OH is 1. The van der Waals surface area contributed by atoms with Crippen LogP contribution in [0, 0.1) is 6.92 Å². The van der Waals surface area contributed by atoms with Crippen LogP contribution in [0.25, 0.3) is 0 Å². The van der Waals surface area contributed by atoms with Gasteiger partial charge < -0.3 is 5.11 Å². The van der Waals surface area contributed by atoms with Crippen LogP contribution >= 0.6 is 11.3 Å². The first-order valence-electron chi connectivity index (χ1n) is 4.69. The maximum Gasteiger partial charge on any atom is 0.0679 e. The zero-order valence-electron chi connectivity index (χ0n) is 7.86. The highest BCUT2D eigenvalue weighted by atomic mass is 32.1. The minimum atomic E-state index is -0.0970. The Balaban J connectivity index is 1.95. The van der Waals surface area contributed by atoms with Gasteiger partial charge in [0.15, 0.2) is 0 Å². The van der Waals surface area contributed by atoms with Crippen molar-refractivity contribution in [2.75, 3.05) is 13.1 Å². The van der Waals surface area contributed by atoms with Gasteiger partial charge in [0.25, 0.3) is 0 Å². The molecule has 72 valence electrons. The van der Waals surface area contributed by atoms with Gasteiger partial charge in [0.1, 0.15) is 0 Å². The Labute approximate surface area is 82.8 Å². The van der Waals surface area contributed by atoms with Crippen LogP contribution < -0.4 is 0 Å². The van der Waals surface area contributed by atoms with Crippen molar-refractivity contribution in [1.82, 2.24) is 4.90 Å². The molecule has 0 bridgehead atoms. The Bertz CT molecular complexity index is 284. The molecule has 0 unspecified atom stereocenters. The van der Waals surface area contributed by atoms with Crippen LogP contribution in [0.4, 0.5) is 0 Å². The lowest BCUT2D eigenvalue weighted by atomic mass is 10.3. The molecule has 2 nitrogen and oxygen atoms in total. The standard InChI is InChI=1S/C10H15NOS/c1-8-3-5-13-10(8)7-11-4-2-9(12)6-11/h3,5,9,12H,2,4,6-7H2,1H3/t9-/m0/s1. The van der Waals surface area contributed by atoms with E-state index in [1.807, 2.05) is 11.3 Å². The molecule has 2 heterocycles.